The summed E-state index contributed by atoms with van der Waals surface area (Å²) in [5.41, 5.74) is 6.04. The minimum absolute atomic E-state index is 0.592. The van der Waals surface area contributed by atoms with E-state index in [0.717, 1.165) is 48.7 Å². The van der Waals surface area contributed by atoms with Gasteiger partial charge in [0.05, 0.1) is 13.4 Å². The molecule has 1 heterocycles. The Kier molecular flexibility index (Phi) is 7.92. The van der Waals surface area contributed by atoms with Crippen LogP contribution in [0.15, 0.2) is 40.8 Å². The monoisotopic (exact) mass is 460 g/mol. The summed E-state index contributed by atoms with van der Waals surface area (Å²) in [5, 5.41) is 0. The van der Waals surface area contributed by atoms with Crippen LogP contribution in [0.1, 0.15) is 41.3 Å². The molecule has 1 aliphatic rings. The van der Waals surface area contributed by atoms with Gasteiger partial charge in [0.1, 0.15) is 11.3 Å². The lowest BCUT2D eigenvalue weighted by molar-refractivity contribution is 0.299. The summed E-state index contributed by atoms with van der Waals surface area (Å²) in [4.78, 5) is 6.90. The molecule has 0 unspecified atom stereocenters. The number of hydrogen-bond donors (Lipinski definition) is 1. The van der Waals surface area contributed by atoms with Gasteiger partial charge in [-0.1, -0.05) is 18.2 Å². The fraction of sp³-hybridized carbons (Fsp3) is 0.458. The molecule has 0 aliphatic heterocycles. The predicted octanol–water partition coefficient (Wildman–Crippen LogP) is 4.24. The molecule has 0 saturated carbocycles. The fourth-order valence-electron chi connectivity index (χ4n) is 4.33. The smallest absolute Gasteiger partial charge is 0.261 e. The van der Waals surface area contributed by atoms with Crippen LogP contribution >= 0.6 is 0 Å². The highest BCUT2D eigenvalue weighted by Gasteiger charge is 2.23. The van der Waals surface area contributed by atoms with Crippen LogP contribution in [-0.2, 0) is 23.0 Å². The molecule has 0 amide bonds. The molecule has 1 aliphatic carbocycles. The highest BCUT2D eigenvalue weighted by molar-refractivity contribution is 7.85. The topological polar surface area (TPSA) is 92.9 Å². The number of fused-ring (bicyclic) bond motifs is 2. The van der Waals surface area contributed by atoms with E-state index in [2.05, 4.69) is 47.3 Å². The Morgan fingerprint density at radius 1 is 1.28 bits per heavy atom. The van der Waals surface area contributed by atoms with Gasteiger partial charge in [0.15, 0.2) is 11.5 Å². The van der Waals surface area contributed by atoms with E-state index in [1.165, 1.54) is 29.5 Å². The second kappa shape index (κ2) is 10.5. The molecule has 7 nitrogen and oxygen atoms in total. The van der Waals surface area contributed by atoms with Crippen LogP contribution in [0.3, 0.4) is 0 Å². The Balaban J connectivity index is 0.000000523. The van der Waals surface area contributed by atoms with Crippen molar-refractivity contribution in [3.05, 3.63) is 59.0 Å². The quantitative estimate of drug-likeness (QED) is 0.550. The van der Waals surface area contributed by atoms with E-state index in [9.17, 15) is 8.42 Å². The Morgan fingerprint density at radius 3 is 2.75 bits per heavy atom. The van der Waals surface area contributed by atoms with Gasteiger partial charge in [0.25, 0.3) is 10.1 Å². The second-order valence-corrected chi connectivity index (χ2v) is 9.86. The van der Waals surface area contributed by atoms with Crippen molar-refractivity contribution < 1.29 is 22.1 Å². The van der Waals surface area contributed by atoms with Crippen LogP contribution in [0.4, 0.5) is 0 Å². The average Bonchev–Trinajstić information content (AvgIpc) is 3.10. The Bertz CT molecular complexity index is 1150. The third-order valence-corrected chi connectivity index (χ3v) is 5.68. The molecular formula is C24H32N2O5S. The van der Waals surface area contributed by atoms with Crippen LogP contribution < -0.4 is 4.74 Å². The minimum Gasteiger partial charge on any atom is -0.496 e. The Labute approximate surface area is 190 Å². The molecule has 0 spiro atoms. The first-order chi connectivity index (χ1) is 15.1. The molecule has 1 aromatic heterocycles. The molecule has 0 fully saturated rings. The standard InChI is InChI=1S/C23H28N2O2.CH4O3S/c1-16-24-21-14-17(10-11-23(21)27-16)12-13-25(2)15-18-6-4-8-20-19(18)7-5-9-22(20)26-3;1-5(2,3)4/h5,7,9-11,14,18H,4,6,8,12-13,15H2,1-3H3;1H3,(H,2,3,4)/t18-;/m0./s1. The van der Waals surface area contributed by atoms with Crippen molar-refractivity contribution in [3.63, 3.8) is 0 Å². The van der Waals surface area contributed by atoms with E-state index in [1.807, 2.05) is 13.0 Å². The van der Waals surface area contributed by atoms with Crippen molar-refractivity contribution in [2.45, 2.75) is 38.5 Å². The number of aromatic nitrogens is 1. The van der Waals surface area contributed by atoms with Gasteiger partial charge in [-0.05, 0) is 73.5 Å². The zero-order valence-corrected chi connectivity index (χ0v) is 20.0. The lowest BCUT2D eigenvalue weighted by atomic mass is 9.82. The van der Waals surface area contributed by atoms with E-state index in [-0.39, 0.29) is 0 Å². The molecule has 174 valence electrons. The van der Waals surface area contributed by atoms with Crippen LogP contribution in [0.25, 0.3) is 11.1 Å². The maximum atomic E-state index is 9.19. The maximum absolute atomic E-state index is 9.19. The number of methoxy groups -OCH3 is 1. The summed E-state index contributed by atoms with van der Waals surface area (Å²) in [5.74, 6) is 2.37. The maximum Gasteiger partial charge on any atom is 0.261 e. The minimum atomic E-state index is -3.67. The normalized spacial score (nSPS) is 15.9. The molecule has 0 bridgehead atoms. The number of aryl methyl sites for hydroxylation is 1. The molecule has 0 saturated heterocycles. The number of likely N-dealkylation sites (N-methyl/N-ethyl adjacent to an activating group) is 1. The van der Waals surface area contributed by atoms with Gasteiger partial charge in [0.2, 0.25) is 0 Å². The summed E-state index contributed by atoms with van der Waals surface area (Å²) >= 11 is 0. The Hall–Kier alpha value is -2.42. The number of oxazole rings is 1. The molecule has 3 aromatic rings. The average molecular weight is 461 g/mol. The lowest BCUT2D eigenvalue weighted by Crippen LogP contribution is -2.28. The summed E-state index contributed by atoms with van der Waals surface area (Å²) in [7, 11) is 0.339. The summed E-state index contributed by atoms with van der Waals surface area (Å²) < 4.78 is 37.0. The van der Waals surface area contributed by atoms with Gasteiger partial charge in [-0.25, -0.2) is 4.98 Å². The number of ether oxygens (including phenoxy) is 1. The van der Waals surface area contributed by atoms with Gasteiger partial charge < -0.3 is 14.1 Å². The Morgan fingerprint density at radius 2 is 2.03 bits per heavy atom. The second-order valence-electron chi connectivity index (χ2n) is 8.40. The molecule has 2 aromatic carbocycles. The van der Waals surface area contributed by atoms with Gasteiger partial charge in [-0.15, -0.1) is 0 Å². The van der Waals surface area contributed by atoms with E-state index in [4.69, 9.17) is 13.7 Å². The van der Waals surface area contributed by atoms with Gasteiger partial charge in [-0.3, -0.25) is 4.55 Å². The third-order valence-electron chi connectivity index (χ3n) is 5.68. The van der Waals surface area contributed by atoms with Crippen molar-refractivity contribution in [2.24, 2.45) is 0 Å². The highest BCUT2D eigenvalue weighted by Crippen LogP contribution is 2.36. The van der Waals surface area contributed by atoms with Crippen molar-refractivity contribution in [3.8, 4) is 5.75 Å². The predicted molar refractivity (Wildman–Crippen MR) is 126 cm³/mol. The number of nitrogens with zero attached hydrogens (tertiary/aromatic N) is 2. The van der Waals surface area contributed by atoms with Crippen LogP contribution in [-0.4, -0.2) is 56.4 Å². The van der Waals surface area contributed by atoms with Crippen LogP contribution in [0.5, 0.6) is 5.75 Å². The third kappa shape index (κ3) is 6.79. The van der Waals surface area contributed by atoms with Gasteiger partial charge in [0, 0.05) is 20.0 Å². The van der Waals surface area contributed by atoms with Crippen molar-refractivity contribution in [1.29, 1.82) is 0 Å². The van der Waals surface area contributed by atoms with E-state index in [0.29, 0.717) is 12.2 Å². The number of rotatable bonds is 6. The molecular weight excluding hydrogens is 428 g/mol. The zero-order valence-electron chi connectivity index (χ0n) is 19.2. The summed E-state index contributed by atoms with van der Waals surface area (Å²) in [6.07, 6.45) is 5.38. The first kappa shape index (κ1) is 24.2. The van der Waals surface area contributed by atoms with E-state index >= 15 is 0 Å². The van der Waals surface area contributed by atoms with E-state index < -0.39 is 10.1 Å². The van der Waals surface area contributed by atoms with Crippen molar-refractivity contribution in [1.82, 2.24) is 9.88 Å². The fourth-order valence-corrected chi connectivity index (χ4v) is 4.33. The molecule has 32 heavy (non-hydrogen) atoms. The number of hydrogen-bond acceptors (Lipinski definition) is 6. The molecule has 0 radical (unpaired) electrons. The van der Waals surface area contributed by atoms with Crippen LogP contribution in [0.2, 0.25) is 0 Å². The number of benzene rings is 2. The van der Waals surface area contributed by atoms with E-state index in [1.54, 1.807) is 7.11 Å². The first-order valence-electron chi connectivity index (χ1n) is 10.8. The zero-order chi connectivity index (χ0) is 23.3. The van der Waals surface area contributed by atoms with Gasteiger partial charge in [-0.2, -0.15) is 8.42 Å². The molecule has 4 rings (SSSR count). The lowest BCUT2D eigenvalue weighted by Gasteiger charge is -2.30. The molecule has 1 atom stereocenters. The van der Waals surface area contributed by atoms with Crippen molar-refractivity contribution in [2.75, 3.05) is 33.5 Å². The highest BCUT2D eigenvalue weighted by atomic mass is 32.2. The largest absolute Gasteiger partial charge is 0.496 e. The van der Waals surface area contributed by atoms with Gasteiger partial charge >= 0.3 is 0 Å². The summed E-state index contributed by atoms with van der Waals surface area (Å²) in [6, 6.07) is 12.9. The summed E-state index contributed by atoms with van der Waals surface area (Å²) in [6.45, 7) is 4.02. The van der Waals surface area contributed by atoms with Crippen LogP contribution in [0, 0.1) is 6.92 Å². The molecule has 8 heteroatoms. The first-order valence-corrected chi connectivity index (χ1v) is 12.6. The molecule has 1 N–H and O–H groups in total. The van der Waals surface area contributed by atoms with Crippen molar-refractivity contribution >= 4 is 21.2 Å². The SMILES string of the molecule is COc1cccc2c1CCC[C@H]2CN(C)CCc1ccc2oc(C)nc2c1.CS(=O)(=O)O.